The molecule has 4 rings (SSSR count). The molecule has 0 fully saturated rings. The number of thiazole rings is 1. The van der Waals surface area contributed by atoms with E-state index in [0.29, 0.717) is 15.7 Å². The van der Waals surface area contributed by atoms with E-state index in [0.717, 1.165) is 21.6 Å². The van der Waals surface area contributed by atoms with E-state index < -0.39 is 0 Å². The molecule has 5 nitrogen and oxygen atoms in total. The minimum atomic E-state index is -0.205. The molecule has 0 saturated carbocycles. The van der Waals surface area contributed by atoms with Crippen LogP contribution in [0.3, 0.4) is 0 Å². The van der Waals surface area contributed by atoms with Crippen molar-refractivity contribution in [3.63, 3.8) is 0 Å². The summed E-state index contributed by atoms with van der Waals surface area (Å²) in [5.74, 6) is -0.205. The third-order valence-corrected chi connectivity index (χ3v) is 4.57. The molecule has 114 valence electrons. The predicted octanol–water partition coefficient (Wildman–Crippen LogP) is 4.16. The minimum absolute atomic E-state index is 0.205. The number of nitrogens with one attached hydrogen (secondary N) is 1. The van der Waals surface area contributed by atoms with Gasteiger partial charge in [-0.15, -0.1) is 0 Å². The Kier molecular flexibility index (Phi) is 3.28. The van der Waals surface area contributed by atoms with Crippen molar-refractivity contribution in [2.75, 3.05) is 5.32 Å². The van der Waals surface area contributed by atoms with Gasteiger partial charge in [-0.3, -0.25) is 10.1 Å². The molecule has 0 bridgehead atoms. The Morgan fingerprint density at radius 2 is 2.09 bits per heavy atom. The van der Waals surface area contributed by atoms with Crippen LogP contribution in [-0.4, -0.2) is 20.3 Å². The summed E-state index contributed by atoms with van der Waals surface area (Å²) in [6, 6.07) is 9.03. The normalized spacial score (nSPS) is 11.2. The van der Waals surface area contributed by atoms with Gasteiger partial charge in [0.15, 0.2) is 5.13 Å². The highest BCUT2D eigenvalue weighted by molar-refractivity contribution is 7.22. The first kappa shape index (κ1) is 14.2. The quantitative estimate of drug-likeness (QED) is 0.595. The molecule has 3 aromatic heterocycles. The summed E-state index contributed by atoms with van der Waals surface area (Å²) in [4.78, 5) is 21.1. The summed E-state index contributed by atoms with van der Waals surface area (Å²) in [6.45, 7) is 1.92. The first-order chi connectivity index (χ1) is 11.1. The molecule has 0 unspecified atom stereocenters. The molecule has 0 aliphatic heterocycles. The van der Waals surface area contributed by atoms with Gasteiger partial charge in [-0.2, -0.15) is 0 Å². The second-order valence-electron chi connectivity index (χ2n) is 5.15. The first-order valence-corrected chi connectivity index (χ1v) is 8.11. The van der Waals surface area contributed by atoms with E-state index in [1.54, 1.807) is 18.3 Å². The highest BCUT2D eigenvalue weighted by Gasteiger charge is 2.11. The van der Waals surface area contributed by atoms with Crippen molar-refractivity contribution in [2.24, 2.45) is 0 Å². The van der Waals surface area contributed by atoms with Crippen LogP contribution in [0.1, 0.15) is 16.1 Å². The van der Waals surface area contributed by atoms with Crippen molar-refractivity contribution in [2.45, 2.75) is 6.92 Å². The van der Waals surface area contributed by atoms with E-state index in [4.69, 9.17) is 11.6 Å². The van der Waals surface area contributed by atoms with E-state index in [2.05, 4.69) is 15.3 Å². The lowest BCUT2D eigenvalue weighted by Gasteiger charge is -2.02. The third kappa shape index (κ3) is 2.67. The zero-order valence-electron chi connectivity index (χ0n) is 12.1. The Balaban J connectivity index is 1.64. The highest BCUT2D eigenvalue weighted by atomic mass is 35.5. The summed E-state index contributed by atoms with van der Waals surface area (Å²) in [7, 11) is 0. The fraction of sp³-hybridized carbons (Fsp3) is 0.0625. The number of carbonyl (C=O) groups is 1. The summed E-state index contributed by atoms with van der Waals surface area (Å²) >= 11 is 7.37. The molecule has 1 amide bonds. The zero-order valence-corrected chi connectivity index (χ0v) is 13.6. The Morgan fingerprint density at radius 3 is 2.96 bits per heavy atom. The molecule has 3 heterocycles. The molecule has 0 spiro atoms. The monoisotopic (exact) mass is 342 g/mol. The minimum Gasteiger partial charge on any atom is -0.306 e. The van der Waals surface area contributed by atoms with Gasteiger partial charge in [0.1, 0.15) is 5.65 Å². The number of fused-ring (bicyclic) bond motifs is 2. The van der Waals surface area contributed by atoms with Crippen LogP contribution in [0.2, 0.25) is 5.02 Å². The SMILES string of the molecule is Cc1cn2cc(C(=O)Nc3nc4ccc(Cl)cc4s3)ccc2n1. The number of rotatable bonds is 2. The number of aryl methyl sites for hydroxylation is 1. The molecule has 23 heavy (non-hydrogen) atoms. The number of nitrogens with zero attached hydrogens (tertiary/aromatic N) is 3. The molecule has 4 aromatic rings. The number of anilines is 1. The molecule has 0 saturated heterocycles. The lowest BCUT2D eigenvalue weighted by atomic mass is 10.2. The summed E-state index contributed by atoms with van der Waals surface area (Å²) < 4.78 is 2.77. The van der Waals surface area contributed by atoms with E-state index in [1.165, 1.54) is 11.3 Å². The van der Waals surface area contributed by atoms with Crippen molar-refractivity contribution >= 4 is 49.8 Å². The average Bonchev–Trinajstić information content (AvgIpc) is 3.07. The lowest BCUT2D eigenvalue weighted by Crippen LogP contribution is -2.12. The number of hydrogen-bond donors (Lipinski definition) is 1. The predicted molar refractivity (Wildman–Crippen MR) is 92.5 cm³/mol. The number of hydrogen-bond acceptors (Lipinski definition) is 4. The van der Waals surface area contributed by atoms with Gasteiger partial charge >= 0.3 is 0 Å². The van der Waals surface area contributed by atoms with Gasteiger partial charge in [0.2, 0.25) is 0 Å². The smallest absolute Gasteiger partial charge is 0.258 e. The van der Waals surface area contributed by atoms with Crippen molar-refractivity contribution < 1.29 is 4.79 Å². The topological polar surface area (TPSA) is 59.3 Å². The number of imidazole rings is 1. The van der Waals surface area contributed by atoms with Crippen LogP contribution < -0.4 is 5.32 Å². The molecule has 0 aliphatic carbocycles. The number of amides is 1. The molecular weight excluding hydrogens is 332 g/mol. The van der Waals surface area contributed by atoms with Crippen molar-refractivity contribution in [1.29, 1.82) is 0 Å². The number of carbonyl (C=O) groups excluding carboxylic acids is 1. The van der Waals surface area contributed by atoms with Gasteiger partial charge in [0, 0.05) is 17.4 Å². The van der Waals surface area contributed by atoms with Gasteiger partial charge in [0.05, 0.1) is 21.5 Å². The molecule has 0 radical (unpaired) electrons. The highest BCUT2D eigenvalue weighted by Crippen LogP contribution is 2.28. The van der Waals surface area contributed by atoms with Crippen molar-refractivity contribution in [3.05, 3.63) is 59.0 Å². The van der Waals surface area contributed by atoms with E-state index >= 15 is 0 Å². The first-order valence-electron chi connectivity index (χ1n) is 6.91. The Morgan fingerprint density at radius 1 is 1.22 bits per heavy atom. The fourth-order valence-corrected chi connectivity index (χ4v) is 3.51. The number of benzene rings is 1. The Hall–Kier alpha value is -2.44. The second kappa shape index (κ2) is 5.33. The number of aromatic nitrogens is 3. The van der Waals surface area contributed by atoms with Gasteiger partial charge in [-0.1, -0.05) is 22.9 Å². The van der Waals surface area contributed by atoms with Gasteiger partial charge in [0.25, 0.3) is 5.91 Å². The standard InChI is InChI=1S/C16H11ClN4OS/c1-9-7-21-8-10(2-5-14(21)18-9)15(22)20-16-19-12-4-3-11(17)6-13(12)23-16/h2-8H,1H3,(H,19,20,22). The molecule has 0 atom stereocenters. The van der Waals surface area contributed by atoms with Crippen LogP contribution in [0.4, 0.5) is 5.13 Å². The number of pyridine rings is 1. The van der Waals surface area contributed by atoms with E-state index in [1.807, 2.05) is 35.7 Å². The van der Waals surface area contributed by atoms with Gasteiger partial charge in [-0.25, -0.2) is 9.97 Å². The Labute approximate surface area is 140 Å². The molecule has 0 aliphatic rings. The van der Waals surface area contributed by atoms with E-state index in [-0.39, 0.29) is 5.91 Å². The summed E-state index contributed by atoms with van der Waals surface area (Å²) in [5, 5.41) is 4.03. The van der Waals surface area contributed by atoms with E-state index in [9.17, 15) is 4.79 Å². The maximum Gasteiger partial charge on any atom is 0.258 e. The second-order valence-corrected chi connectivity index (χ2v) is 6.62. The summed E-state index contributed by atoms with van der Waals surface area (Å²) in [5.41, 5.74) is 3.09. The van der Waals surface area contributed by atoms with Crippen LogP contribution in [-0.2, 0) is 0 Å². The van der Waals surface area contributed by atoms with Crippen LogP contribution in [0.5, 0.6) is 0 Å². The van der Waals surface area contributed by atoms with Gasteiger partial charge in [-0.05, 0) is 37.3 Å². The third-order valence-electron chi connectivity index (χ3n) is 3.40. The molecular formula is C16H11ClN4OS. The maximum atomic E-state index is 12.4. The maximum absolute atomic E-state index is 12.4. The fourth-order valence-electron chi connectivity index (χ4n) is 2.37. The van der Waals surface area contributed by atoms with Crippen molar-refractivity contribution in [1.82, 2.24) is 14.4 Å². The van der Waals surface area contributed by atoms with Crippen LogP contribution in [0.15, 0.2) is 42.7 Å². The molecule has 1 aromatic carbocycles. The largest absolute Gasteiger partial charge is 0.306 e. The average molecular weight is 343 g/mol. The van der Waals surface area contributed by atoms with Crippen LogP contribution in [0, 0.1) is 6.92 Å². The Bertz CT molecular complexity index is 1050. The van der Waals surface area contributed by atoms with Crippen LogP contribution >= 0.6 is 22.9 Å². The van der Waals surface area contributed by atoms with Crippen LogP contribution in [0.25, 0.3) is 15.9 Å². The van der Waals surface area contributed by atoms with Gasteiger partial charge < -0.3 is 4.40 Å². The number of halogens is 1. The lowest BCUT2D eigenvalue weighted by molar-refractivity contribution is 0.102. The molecule has 7 heteroatoms. The zero-order chi connectivity index (χ0) is 16.0. The molecule has 1 N–H and O–H groups in total. The summed E-state index contributed by atoms with van der Waals surface area (Å²) in [6.07, 6.45) is 3.64. The van der Waals surface area contributed by atoms with Crippen molar-refractivity contribution in [3.8, 4) is 0 Å².